The minimum atomic E-state index is -0.0925. The summed E-state index contributed by atoms with van der Waals surface area (Å²) in [5.41, 5.74) is 0.579. The molecule has 0 heterocycles. The van der Waals surface area contributed by atoms with Crippen LogP contribution in [0.5, 0.6) is 11.5 Å². The van der Waals surface area contributed by atoms with Crippen LogP contribution in [0.2, 0.25) is 0 Å². The lowest BCUT2D eigenvalue weighted by atomic mass is 10.2. The highest BCUT2D eigenvalue weighted by molar-refractivity contribution is 5.94. The fraction of sp³-hybridized carbons (Fsp3) is 0.533. The topological polar surface area (TPSA) is 50.8 Å². The SMILES string of the molecule is CCOc1ccc(C(=O)NCCCN(C)C)cc1OC. The van der Waals surface area contributed by atoms with Gasteiger partial charge >= 0.3 is 0 Å². The lowest BCUT2D eigenvalue weighted by Crippen LogP contribution is -2.27. The third-order valence-electron chi connectivity index (χ3n) is 2.79. The van der Waals surface area contributed by atoms with E-state index in [4.69, 9.17) is 9.47 Å². The number of methoxy groups -OCH3 is 1. The average molecular weight is 280 g/mol. The van der Waals surface area contributed by atoms with Gasteiger partial charge in [-0.05, 0) is 52.2 Å². The molecule has 0 saturated carbocycles. The first-order valence-electron chi connectivity index (χ1n) is 6.82. The zero-order valence-corrected chi connectivity index (χ0v) is 12.7. The van der Waals surface area contributed by atoms with Crippen LogP contribution >= 0.6 is 0 Å². The first-order valence-corrected chi connectivity index (χ1v) is 6.82. The van der Waals surface area contributed by atoms with E-state index in [1.165, 1.54) is 0 Å². The Morgan fingerprint density at radius 1 is 1.30 bits per heavy atom. The van der Waals surface area contributed by atoms with Crippen LogP contribution in [-0.4, -0.2) is 51.7 Å². The van der Waals surface area contributed by atoms with Gasteiger partial charge in [0.05, 0.1) is 13.7 Å². The summed E-state index contributed by atoms with van der Waals surface area (Å²) >= 11 is 0. The zero-order chi connectivity index (χ0) is 15.0. The largest absolute Gasteiger partial charge is 0.493 e. The molecule has 5 nitrogen and oxygen atoms in total. The Labute approximate surface area is 120 Å². The van der Waals surface area contributed by atoms with Gasteiger partial charge in [0.15, 0.2) is 11.5 Å². The van der Waals surface area contributed by atoms with Crippen LogP contribution in [-0.2, 0) is 0 Å². The van der Waals surface area contributed by atoms with Gasteiger partial charge in [0.25, 0.3) is 5.91 Å². The van der Waals surface area contributed by atoms with Crippen LogP contribution in [0, 0.1) is 0 Å². The molecule has 1 rings (SSSR count). The van der Waals surface area contributed by atoms with Gasteiger partial charge in [-0.3, -0.25) is 4.79 Å². The molecule has 0 aliphatic heterocycles. The molecule has 0 unspecified atom stereocenters. The highest BCUT2D eigenvalue weighted by Gasteiger charge is 2.10. The van der Waals surface area contributed by atoms with Crippen LogP contribution in [0.25, 0.3) is 0 Å². The van der Waals surface area contributed by atoms with Crippen LogP contribution in [0.1, 0.15) is 23.7 Å². The van der Waals surface area contributed by atoms with Gasteiger partial charge in [0.2, 0.25) is 0 Å². The van der Waals surface area contributed by atoms with Crippen molar-refractivity contribution in [1.29, 1.82) is 0 Å². The van der Waals surface area contributed by atoms with Crippen LogP contribution in [0.15, 0.2) is 18.2 Å². The first kappa shape index (κ1) is 16.3. The standard InChI is InChI=1S/C15H24N2O3/c1-5-20-13-8-7-12(11-14(13)19-4)15(18)16-9-6-10-17(2)3/h7-8,11H,5-6,9-10H2,1-4H3,(H,16,18). The Morgan fingerprint density at radius 3 is 2.65 bits per heavy atom. The van der Waals surface area contributed by atoms with E-state index in [0.717, 1.165) is 13.0 Å². The monoisotopic (exact) mass is 280 g/mol. The fourth-order valence-corrected chi connectivity index (χ4v) is 1.78. The van der Waals surface area contributed by atoms with Crippen molar-refractivity contribution in [3.05, 3.63) is 23.8 Å². The molecule has 20 heavy (non-hydrogen) atoms. The van der Waals surface area contributed by atoms with Gasteiger partial charge in [-0.2, -0.15) is 0 Å². The third kappa shape index (κ3) is 5.09. The van der Waals surface area contributed by atoms with Crippen LogP contribution < -0.4 is 14.8 Å². The molecular weight excluding hydrogens is 256 g/mol. The Morgan fingerprint density at radius 2 is 2.05 bits per heavy atom. The lowest BCUT2D eigenvalue weighted by Gasteiger charge is -2.12. The minimum absolute atomic E-state index is 0.0925. The predicted octanol–water partition coefficient (Wildman–Crippen LogP) is 1.78. The Bertz CT molecular complexity index is 433. The van der Waals surface area contributed by atoms with Gasteiger partial charge in [-0.1, -0.05) is 0 Å². The number of hydrogen-bond donors (Lipinski definition) is 1. The summed E-state index contributed by atoms with van der Waals surface area (Å²) in [6.07, 6.45) is 0.924. The van der Waals surface area contributed by atoms with Crippen molar-refractivity contribution in [1.82, 2.24) is 10.2 Å². The number of amides is 1. The van der Waals surface area contributed by atoms with Gasteiger partial charge < -0.3 is 19.7 Å². The molecule has 0 fully saturated rings. The second kappa shape index (κ2) is 8.43. The number of carbonyl (C=O) groups is 1. The van der Waals surface area contributed by atoms with E-state index in [-0.39, 0.29) is 5.91 Å². The van der Waals surface area contributed by atoms with Crippen molar-refractivity contribution in [3.63, 3.8) is 0 Å². The third-order valence-corrected chi connectivity index (χ3v) is 2.79. The van der Waals surface area contributed by atoms with Gasteiger partial charge in [0.1, 0.15) is 0 Å². The minimum Gasteiger partial charge on any atom is -0.493 e. The summed E-state index contributed by atoms with van der Waals surface area (Å²) < 4.78 is 10.7. The van der Waals surface area contributed by atoms with E-state index in [0.29, 0.717) is 30.2 Å². The number of rotatable bonds is 8. The van der Waals surface area contributed by atoms with E-state index in [2.05, 4.69) is 10.2 Å². The number of benzene rings is 1. The Balaban J connectivity index is 2.59. The van der Waals surface area contributed by atoms with Crippen molar-refractivity contribution in [2.75, 3.05) is 40.9 Å². The molecule has 1 aromatic carbocycles. The Kier molecular flexibility index (Phi) is 6.87. The van der Waals surface area contributed by atoms with Gasteiger partial charge in [-0.25, -0.2) is 0 Å². The molecule has 0 spiro atoms. The van der Waals surface area contributed by atoms with E-state index in [1.807, 2.05) is 21.0 Å². The fourth-order valence-electron chi connectivity index (χ4n) is 1.78. The van der Waals surface area contributed by atoms with E-state index in [1.54, 1.807) is 25.3 Å². The molecular formula is C15H24N2O3. The summed E-state index contributed by atoms with van der Waals surface area (Å²) in [7, 11) is 5.59. The summed E-state index contributed by atoms with van der Waals surface area (Å²) in [5, 5.41) is 2.90. The van der Waals surface area contributed by atoms with Crippen LogP contribution in [0.3, 0.4) is 0 Å². The summed E-state index contributed by atoms with van der Waals surface area (Å²) in [5.74, 6) is 1.14. The molecule has 5 heteroatoms. The zero-order valence-electron chi connectivity index (χ0n) is 12.7. The van der Waals surface area contributed by atoms with Crippen molar-refractivity contribution in [3.8, 4) is 11.5 Å². The maximum Gasteiger partial charge on any atom is 0.251 e. The maximum atomic E-state index is 12.0. The van der Waals surface area contributed by atoms with Crippen molar-refractivity contribution in [2.45, 2.75) is 13.3 Å². The van der Waals surface area contributed by atoms with E-state index < -0.39 is 0 Å². The second-order valence-corrected chi connectivity index (χ2v) is 4.71. The number of nitrogens with one attached hydrogen (secondary N) is 1. The smallest absolute Gasteiger partial charge is 0.251 e. The predicted molar refractivity (Wildman–Crippen MR) is 79.7 cm³/mol. The molecule has 0 aliphatic carbocycles. The molecule has 0 aromatic heterocycles. The van der Waals surface area contributed by atoms with E-state index >= 15 is 0 Å². The highest BCUT2D eigenvalue weighted by Crippen LogP contribution is 2.27. The molecule has 0 atom stereocenters. The van der Waals surface area contributed by atoms with Crippen molar-refractivity contribution in [2.24, 2.45) is 0 Å². The van der Waals surface area contributed by atoms with Gasteiger partial charge in [-0.15, -0.1) is 0 Å². The first-order chi connectivity index (χ1) is 9.58. The number of nitrogens with zero attached hydrogens (tertiary/aromatic N) is 1. The Hall–Kier alpha value is -1.75. The summed E-state index contributed by atoms with van der Waals surface area (Å²) in [6, 6.07) is 5.21. The number of hydrogen-bond acceptors (Lipinski definition) is 4. The molecule has 0 aliphatic rings. The van der Waals surface area contributed by atoms with Crippen molar-refractivity contribution < 1.29 is 14.3 Å². The van der Waals surface area contributed by atoms with Crippen molar-refractivity contribution >= 4 is 5.91 Å². The quantitative estimate of drug-likeness (QED) is 0.737. The molecule has 0 bridgehead atoms. The number of ether oxygens (including phenoxy) is 2. The van der Waals surface area contributed by atoms with Gasteiger partial charge in [0, 0.05) is 12.1 Å². The molecule has 112 valence electrons. The lowest BCUT2D eigenvalue weighted by molar-refractivity contribution is 0.0952. The normalized spacial score (nSPS) is 10.4. The van der Waals surface area contributed by atoms with Crippen LogP contribution in [0.4, 0.5) is 0 Å². The highest BCUT2D eigenvalue weighted by atomic mass is 16.5. The molecule has 0 saturated heterocycles. The molecule has 1 amide bonds. The molecule has 1 N–H and O–H groups in total. The summed E-state index contributed by atoms with van der Waals surface area (Å²) in [6.45, 7) is 4.08. The van der Waals surface area contributed by atoms with E-state index in [9.17, 15) is 4.79 Å². The second-order valence-electron chi connectivity index (χ2n) is 4.71. The molecule has 0 radical (unpaired) electrons. The maximum absolute atomic E-state index is 12.0. The average Bonchev–Trinajstić information content (AvgIpc) is 2.43. The number of carbonyl (C=O) groups excluding carboxylic acids is 1. The summed E-state index contributed by atoms with van der Waals surface area (Å²) in [4.78, 5) is 14.1. The molecule has 1 aromatic rings.